The molecule has 2 aromatic rings. The number of carboxylic acid groups (broad SMARTS) is 1. The van der Waals surface area contributed by atoms with Crippen molar-refractivity contribution in [2.24, 2.45) is 5.92 Å². The molecular weight excluding hydrogens is 616 g/mol. The van der Waals surface area contributed by atoms with Crippen LogP contribution in [0.15, 0.2) is 42.5 Å². The molecule has 4 fully saturated rings. The predicted octanol–water partition coefficient (Wildman–Crippen LogP) is 5.98. The van der Waals surface area contributed by atoms with Gasteiger partial charge in [0, 0.05) is 56.3 Å². The number of carbonyl (C=O) groups excluding carboxylic acids is 1. The highest BCUT2D eigenvalue weighted by Crippen LogP contribution is 2.47. The van der Waals surface area contributed by atoms with E-state index in [9.17, 15) is 27.9 Å². The van der Waals surface area contributed by atoms with Gasteiger partial charge < -0.3 is 24.5 Å². The fourth-order valence-electron chi connectivity index (χ4n) is 7.92. The van der Waals surface area contributed by atoms with Crippen molar-refractivity contribution in [2.45, 2.75) is 74.3 Å². The van der Waals surface area contributed by atoms with Crippen LogP contribution >= 0.6 is 0 Å². The van der Waals surface area contributed by atoms with Gasteiger partial charge in [-0.2, -0.15) is 13.2 Å². The molecule has 252 valence electrons. The van der Waals surface area contributed by atoms with Gasteiger partial charge >= 0.3 is 12.1 Å². The van der Waals surface area contributed by atoms with Crippen molar-refractivity contribution in [1.29, 1.82) is 0 Å². The summed E-state index contributed by atoms with van der Waals surface area (Å²) in [4.78, 5) is 34.9. The van der Waals surface area contributed by atoms with E-state index < -0.39 is 53.1 Å². The van der Waals surface area contributed by atoms with Gasteiger partial charge in [0.2, 0.25) is 12.2 Å². The van der Waals surface area contributed by atoms with Gasteiger partial charge in [-0.15, -0.1) is 0 Å². The predicted molar refractivity (Wildman–Crippen MR) is 167 cm³/mol. The summed E-state index contributed by atoms with van der Waals surface area (Å²) in [7, 11) is 1.55. The monoisotopic (exact) mass is 656 g/mol. The van der Waals surface area contributed by atoms with Crippen LogP contribution in [0.25, 0.3) is 4.85 Å². The Morgan fingerprint density at radius 1 is 1.06 bits per heavy atom. The first-order valence-electron chi connectivity index (χ1n) is 16.3. The van der Waals surface area contributed by atoms with Crippen molar-refractivity contribution in [2.75, 3.05) is 51.3 Å². The molecule has 1 amide bonds. The average Bonchev–Trinajstić information content (AvgIpc) is 3.61. The molecule has 3 saturated heterocycles. The summed E-state index contributed by atoms with van der Waals surface area (Å²) in [6.45, 7) is 8.53. The SMILES string of the molecule is [C-]#[N+]C[C@@H]1C[C@@H](c2ccc(C(F)(F)F)cc2N2CCC(C(=O)O)CC2)CN1C(=O)[C@]1(F)CN(C2CCC2)C[C@H]1c1ccc(OC)cc1. The molecule has 0 aromatic heterocycles. The molecule has 3 heterocycles. The van der Waals surface area contributed by atoms with Gasteiger partial charge in [-0.3, -0.25) is 14.5 Å². The number of benzene rings is 2. The molecule has 1 N–H and O–H groups in total. The summed E-state index contributed by atoms with van der Waals surface area (Å²) in [5, 5.41) is 9.46. The first kappa shape index (κ1) is 33.1. The van der Waals surface area contributed by atoms with Crippen LogP contribution in [0.4, 0.5) is 23.2 Å². The van der Waals surface area contributed by atoms with Crippen LogP contribution in [0.3, 0.4) is 0 Å². The molecule has 0 radical (unpaired) electrons. The number of amides is 1. The van der Waals surface area contributed by atoms with Crippen LogP contribution in [0.2, 0.25) is 0 Å². The molecule has 0 spiro atoms. The first-order chi connectivity index (χ1) is 22.4. The summed E-state index contributed by atoms with van der Waals surface area (Å²) in [5.74, 6) is -2.69. The molecule has 0 bridgehead atoms. The molecule has 4 atom stereocenters. The molecule has 3 aliphatic heterocycles. The second-order valence-electron chi connectivity index (χ2n) is 13.5. The molecule has 2 aromatic carbocycles. The van der Waals surface area contributed by atoms with E-state index in [1.165, 1.54) is 11.0 Å². The summed E-state index contributed by atoms with van der Waals surface area (Å²) >= 11 is 0. The Balaban J connectivity index is 1.31. The smallest absolute Gasteiger partial charge is 0.416 e. The molecular formula is C35H40F4N4O4. The highest BCUT2D eigenvalue weighted by atomic mass is 19.4. The van der Waals surface area contributed by atoms with Gasteiger partial charge in [-0.25, -0.2) is 11.0 Å². The normalized spacial score (nSPS) is 27.4. The van der Waals surface area contributed by atoms with Crippen LogP contribution in [-0.2, 0) is 15.8 Å². The Labute approximate surface area is 272 Å². The van der Waals surface area contributed by atoms with Gasteiger partial charge in [0.05, 0.1) is 18.6 Å². The molecule has 6 rings (SSSR count). The number of rotatable bonds is 8. The van der Waals surface area contributed by atoms with E-state index >= 15 is 4.39 Å². The summed E-state index contributed by atoms with van der Waals surface area (Å²) in [5.41, 5.74) is -1.42. The van der Waals surface area contributed by atoms with Crippen LogP contribution in [0.5, 0.6) is 5.75 Å². The minimum Gasteiger partial charge on any atom is -0.497 e. The van der Waals surface area contributed by atoms with Crippen molar-refractivity contribution < 1.29 is 37.0 Å². The zero-order valence-electron chi connectivity index (χ0n) is 26.4. The van der Waals surface area contributed by atoms with Crippen LogP contribution in [-0.4, -0.2) is 90.9 Å². The lowest BCUT2D eigenvalue weighted by atomic mass is 9.85. The topological polar surface area (TPSA) is 77.7 Å². The van der Waals surface area contributed by atoms with E-state index in [4.69, 9.17) is 11.3 Å². The third kappa shape index (κ3) is 6.39. The highest BCUT2D eigenvalue weighted by Gasteiger charge is 2.58. The molecule has 4 aliphatic rings. The molecule has 1 saturated carbocycles. The first-order valence-corrected chi connectivity index (χ1v) is 16.3. The maximum Gasteiger partial charge on any atom is 0.416 e. The lowest BCUT2D eigenvalue weighted by Gasteiger charge is -2.35. The van der Waals surface area contributed by atoms with Crippen molar-refractivity contribution in [3.8, 4) is 5.75 Å². The Kier molecular flexibility index (Phi) is 9.13. The second-order valence-corrected chi connectivity index (χ2v) is 13.5. The van der Waals surface area contributed by atoms with Gasteiger partial charge in [0.1, 0.15) is 11.8 Å². The van der Waals surface area contributed by atoms with Crippen molar-refractivity contribution >= 4 is 17.6 Å². The zero-order chi connectivity index (χ0) is 33.5. The van der Waals surface area contributed by atoms with E-state index in [1.807, 2.05) is 0 Å². The van der Waals surface area contributed by atoms with Crippen molar-refractivity contribution in [3.63, 3.8) is 0 Å². The Bertz CT molecular complexity index is 1520. The number of piperidine rings is 1. The van der Waals surface area contributed by atoms with Crippen LogP contribution < -0.4 is 9.64 Å². The molecule has 0 unspecified atom stereocenters. The lowest BCUT2D eigenvalue weighted by molar-refractivity contribution is -0.145. The fourth-order valence-corrected chi connectivity index (χ4v) is 7.92. The van der Waals surface area contributed by atoms with Crippen LogP contribution in [0, 0.1) is 12.5 Å². The van der Waals surface area contributed by atoms with Gasteiger partial charge in [-0.1, -0.05) is 24.6 Å². The molecule has 1 aliphatic carbocycles. The standard InChI is InChI=1S/C35H40F4N4O4/c1-40-18-27-16-24(29-11-8-25(35(37,38)39)17-31(29)41-14-12-23(13-15-41)32(44)45)19-43(27)33(46)34(36)21-42(26-4-3-5-26)20-30(34)22-6-9-28(47-2)10-7-22/h6-11,17,23-24,26-27,30H,3-5,12-16,18-21H2,2H3,(H,44,45)/t24-,27+,30+,34+/m1/s1. The number of carboxylic acids is 1. The number of carbonyl (C=O) groups is 2. The largest absolute Gasteiger partial charge is 0.497 e. The van der Waals surface area contributed by atoms with Crippen molar-refractivity contribution in [1.82, 2.24) is 9.80 Å². The second kappa shape index (κ2) is 13.0. The number of aliphatic carboxylic acids is 1. The summed E-state index contributed by atoms with van der Waals surface area (Å²) in [6, 6.07) is 10.3. The summed E-state index contributed by atoms with van der Waals surface area (Å²) in [6.07, 6.45) is -0.703. The van der Waals surface area contributed by atoms with E-state index in [0.717, 1.165) is 31.4 Å². The third-order valence-electron chi connectivity index (χ3n) is 10.8. The van der Waals surface area contributed by atoms with Crippen molar-refractivity contribution in [3.05, 3.63) is 70.6 Å². The number of nitrogens with zero attached hydrogens (tertiary/aromatic N) is 4. The summed E-state index contributed by atoms with van der Waals surface area (Å²) < 4.78 is 64.4. The van der Waals surface area contributed by atoms with E-state index in [-0.39, 0.29) is 38.8 Å². The Hall–Kier alpha value is -3.85. The minimum atomic E-state index is -4.58. The number of likely N-dealkylation sites (tertiary alicyclic amines) is 2. The number of alkyl halides is 4. The van der Waals surface area contributed by atoms with Gasteiger partial charge in [0.25, 0.3) is 5.91 Å². The van der Waals surface area contributed by atoms with E-state index in [0.29, 0.717) is 48.4 Å². The highest BCUT2D eigenvalue weighted by molar-refractivity contribution is 5.88. The lowest BCUT2D eigenvalue weighted by Crippen LogP contribution is -2.53. The number of ether oxygens (including phenoxy) is 1. The van der Waals surface area contributed by atoms with E-state index in [2.05, 4.69) is 9.74 Å². The van der Waals surface area contributed by atoms with Gasteiger partial charge in [-0.05, 0) is 67.5 Å². The maximum absolute atomic E-state index is 17.5. The Morgan fingerprint density at radius 3 is 2.34 bits per heavy atom. The zero-order valence-corrected chi connectivity index (χ0v) is 26.4. The van der Waals surface area contributed by atoms with Gasteiger partial charge in [0.15, 0.2) is 0 Å². The molecule has 47 heavy (non-hydrogen) atoms. The number of halogens is 4. The molecule has 12 heteroatoms. The number of anilines is 1. The number of hydrogen-bond acceptors (Lipinski definition) is 5. The van der Waals surface area contributed by atoms with Crippen LogP contribution in [0.1, 0.15) is 67.1 Å². The minimum absolute atomic E-state index is 0.0438. The maximum atomic E-state index is 17.5. The fraction of sp³-hybridized carbons (Fsp3) is 0.571. The Morgan fingerprint density at radius 2 is 1.77 bits per heavy atom. The number of hydrogen-bond donors (Lipinski definition) is 1. The van der Waals surface area contributed by atoms with E-state index in [1.54, 1.807) is 36.3 Å². The average molecular weight is 657 g/mol. The quantitative estimate of drug-likeness (QED) is 0.279. The number of methoxy groups -OCH3 is 1. The third-order valence-corrected chi connectivity index (χ3v) is 10.8. The molecule has 8 nitrogen and oxygen atoms in total.